The first-order valence-electron chi connectivity index (χ1n) is 3.97. The Kier molecular flexibility index (Phi) is 5.66. The lowest BCUT2D eigenvalue weighted by atomic mass is 10.2. The summed E-state index contributed by atoms with van der Waals surface area (Å²) in [5, 5.41) is 2.75. The molecular formula is C7H15NO5S. The Morgan fingerprint density at radius 1 is 1.50 bits per heavy atom. The van der Waals surface area contributed by atoms with Gasteiger partial charge in [0.05, 0.1) is 26.4 Å². The third kappa shape index (κ3) is 6.81. The predicted octanol–water partition coefficient (Wildman–Crippen LogP) is -0.886. The molecule has 0 aliphatic carbocycles. The van der Waals surface area contributed by atoms with E-state index < -0.39 is 16.1 Å². The molecule has 0 rings (SSSR count). The van der Waals surface area contributed by atoms with Crippen LogP contribution in [0, 0.1) is 0 Å². The van der Waals surface area contributed by atoms with Gasteiger partial charge in [-0.25, -0.2) is 0 Å². The number of esters is 1. The molecule has 6 nitrogen and oxygen atoms in total. The molecule has 0 unspecified atom stereocenters. The molecule has 1 atom stereocenters. The molecule has 0 aromatic rings. The van der Waals surface area contributed by atoms with Crippen molar-refractivity contribution in [2.45, 2.75) is 12.5 Å². The molecule has 0 heterocycles. The van der Waals surface area contributed by atoms with Gasteiger partial charge >= 0.3 is 5.97 Å². The van der Waals surface area contributed by atoms with Gasteiger partial charge in [0.15, 0.2) is 0 Å². The summed E-state index contributed by atoms with van der Waals surface area (Å²) in [6.45, 7) is -0.0789. The van der Waals surface area contributed by atoms with E-state index in [1.54, 1.807) is 7.05 Å². The van der Waals surface area contributed by atoms with E-state index in [4.69, 9.17) is 0 Å². The van der Waals surface area contributed by atoms with Gasteiger partial charge in [0, 0.05) is 6.04 Å². The number of likely N-dealkylation sites (N-methyl/N-ethyl adjacent to an activating group) is 1. The van der Waals surface area contributed by atoms with E-state index in [2.05, 4.69) is 14.2 Å². The Morgan fingerprint density at radius 3 is 2.43 bits per heavy atom. The molecule has 0 bridgehead atoms. The summed E-state index contributed by atoms with van der Waals surface area (Å²) >= 11 is 0. The van der Waals surface area contributed by atoms with Crippen molar-refractivity contribution in [3.8, 4) is 0 Å². The first-order valence-corrected chi connectivity index (χ1v) is 5.79. The van der Waals surface area contributed by atoms with Crippen molar-refractivity contribution in [2.24, 2.45) is 0 Å². The highest BCUT2D eigenvalue weighted by molar-refractivity contribution is 7.85. The normalized spacial score (nSPS) is 13.6. The number of methoxy groups -OCH3 is 1. The summed E-state index contributed by atoms with van der Waals surface area (Å²) in [5.41, 5.74) is 0. The fourth-order valence-electron chi connectivity index (χ4n) is 0.735. The maximum atomic E-state index is 10.8. The Balaban J connectivity index is 3.98. The Bertz CT molecular complexity index is 274. The lowest BCUT2D eigenvalue weighted by Gasteiger charge is -2.13. The first-order chi connectivity index (χ1) is 6.39. The minimum absolute atomic E-state index is 0.0719. The van der Waals surface area contributed by atoms with Gasteiger partial charge < -0.3 is 10.1 Å². The SMILES string of the molecule is CN[C@@H](COS(C)(=O)=O)CC(=O)OC. The standard InChI is InChI=1S/C7H15NO5S/c1-8-6(4-7(9)12-2)5-13-14(3,10)11/h6,8H,4-5H2,1-3H3/t6-/m1/s1. The van der Waals surface area contributed by atoms with Gasteiger partial charge in [-0.3, -0.25) is 8.98 Å². The molecule has 0 amide bonds. The number of nitrogens with one attached hydrogen (secondary N) is 1. The van der Waals surface area contributed by atoms with Crippen LogP contribution >= 0.6 is 0 Å². The number of rotatable bonds is 6. The van der Waals surface area contributed by atoms with Crippen LogP contribution in [0.4, 0.5) is 0 Å². The highest BCUT2D eigenvalue weighted by Crippen LogP contribution is 1.97. The third-order valence-corrected chi connectivity index (χ3v) is 2.10. The molecule has 14 heavy (non-hydrogen) atoms. The predicted molar refractivity (Wildman–Crippen MR) is 50.3 cm³/mol. The Hall–Kier alpha value is -0.660. The fraction of sp³-hybridized carbons (Fsp3) is 0.857. The van der Waals surface area contributed by atoms with Crippen LogP contribution in [0.25, 0.3) is 0 Å². The van der Waals surface area contributed by atoms with Crippen molar-refractivity contribution < 1.29 is 22.1 Å². The molecule has 0 radical (unpaired) electrons. The third-order valence-electron chi connectivity index (χ3n) is 1.53. The van der Waals surface area contributed by atoms with Crippen LogP contribution in [0.1, 0.15) is 6.42 Å². The van der Waals surface area contributed by atoms with Gasteiger partial charge in [0.25, 0.3) is 10.1 Å². The van der Waals surface area contributed by atoms with Crippen LogP contribution in [-0.4, -0.2) is 47.4 Å². The molecule has 0 aliphatic heterocycles. The molecule has 0 fully saturated rings. The van der Waals surface area contributed by atoms with E-state index in [-0.39, 0.29) is 19.1 Å². The van der Waals surface area contributed by atoms with Gasteiger partial charge in [0.1, 0.15) is 0 Å². The van der Waals surface area contributed by atoms with Crippen LogP contribution in [0.5, 0.6) is 0 Å². The molecule has 0 aromatic carbocycles. The largest absolute Gasteiger partial charge is 0.469 e. The molecule has 0 aliphatic rings. The van der Waals surface area contributed by atoms with Crippen LogP contribution < -0.4 is 5.32 Å². The number of hydrogen-bond acceptors (Lipinski definition) is 6. The van der Waals surface area contributed by atoms with Crippen molar-refractivity contribution in [1.29, 1.82) is 0 Å². The number of carbonyl (C=O) groups excluding carboxylic acids is 1. The second kappa shape index (κ2) is 5.94. The van der Waals surface area contributed by atoms with Crippen molar-refractivity contribution in [1.82, 2.24) is 5.32 Å². The molecule has 84 valence electrons. The zero-order valence-electron chi connectivity index (χ0n) is 8.44. The van der Waals surface area contributed by atoms with Crippen LogP contribution in [0.3, 0.4) is 0 Å². The van der Waals surface area contributed by atoms with E-state index >= 15 is 0 Å². The van der Waals surface area contributed by atoms with Gasteiger partial charge in [-0.2, -0.15) is 8.42 Å². The summed E-state index contributed by atoms with van der Waals surface area (Å²) in [4.78, 5) is 10.8. The zero-order chi connectivity index (χ0) is 11.2. The van der Waals surface area contributed by atoms with E-state index in [1.165, 1.54) is 7.11 Å². The summed E-state index contributed by atoms with van der Waals surface area (Å²) in [6, 6.07) is -0.364. The van der Waals surface area contributed by atoms with Gasteiger partial charge in [-0.15, -0.1) is 0 Å². The second-order valence-electron chi connectivity index (χ2n) is 2.75. The van der Waals surface area contributed by atoms with Crippen LogP contribution in [0.2, 0.25) is 0 Å². The zero-order valence-corrected chi connectivity index (χ0v) is 9.26. The molecule has 0 saturated carbocycles. The summed E-state index contributed by atoms with van der Waals surface area (Å²) < 4.78 is 30.2. The topological polar surface area (TPSA) is 81.7 Å². The van der Waals surface area contributed by atoms with Crippen LogP contribution in [0.15, 0.2) is 0 Å². The van der Waals surface area contributed by atoms with Crippen molar-refractivity contribution in [2.75, 3.05) is 27.0 Å². The molecule has 1 N–H and O–H groups in total. The maximum absolute atomic E-state index is 10.8. The minimum Gasteiger partial charge on any atom is -0.469 e. The van der Waals surface area contributed by atoms with Crippen LogP contribution in [-0.2, 0) is 23.8 Å². The lowest BCUT2D eigenvalue weighted by Crippen LogP contribution is -2.33. The molecule has 0 aromatic heterocycles. The van der Waals surface area contributed by atoms with Crippen molar-refractivity contribution in [3.05, 3.63) is 0 Å². The highest BCUT2D eigenvalue weighted by atomic mass is 32.2. The maximum Gasteiger partial charge on any atom is 0.307 e. The van der Waals surface area contributed by atoms with E-state index in [1.807, 2.05) is 0 Å². The highest BCUT2D eigenvalue weighted by Gasteiger charge is 2.14. The molecular weight excluding hydrogens is 210 g/mol. The fourth-order valence-corrected chi connectivity index (χ4v) is 1.15. The monoisotopic (exact) mass is 225 g/mol. The lowest BCUT2D eigenvalue weighted by molar-refractivity contribution is -0.141. The smallest absolute Gasteiger partial charge is 0.307 e. The minimum atomic E-state index is -3.46. The molecule has 7 heteroatoms. The first kappa shape index (κ1) is 13.3. The number of carbonyl (C=O) groups is 1. The number of ether oxygens (including phenoxy) is 1. The summed E-state index contributed by atoms with van der Waals surface area (Å²) in [7, 11) is -0.583. The van der Waals surface area contributed by atoms with Crippen molar-refractivity contribution >= 4 is 16.1 Å². The van der Waals surface area contributed by atoms with E-state index in [0.717, 1.165) is 6.26 Å². The Labute approximate surface area is 83.7 Å². The van der Waals surface area contributed by atoms with E-state index in [0.29, 0.717) is 0 Å². The quantitative estimate of drug-likeness (QED) is 0.466. The van der Waals surface area contributed by atoms with Crippen molar-refractivity contribution in [3.63, 3.8) is 0 Å². The average molecular weight is 225 g/mol. The second-order valence-corrected chi connectivity index (χ2v) is 4.40. The average Bonchev–Trinajstić information content (AvgIpc) is 2.10. The summed E-state index contributed by atoms with van der Waals surface area (Å²) in [5.74, 6) is -0.415. The van der Waals surface area contributed by atoms with Gasteiger partial charge in [0.2, 0.25) is 0 Å². The van der Waals surface area contributed by atoms with Gasteiger partial charge in [-0.05, 0) is 7.05 Å². The summed E-state index contributed by atoms with van der Waals surface area (Å²) in [6.07, 6.45) is 1.03. The van der Waals surface area contributed by atoms with Gasteiger partial charge in [-0.1, -0.05) is 0 Å². The van der Waals surface area contributed by atoms with E-state index in [9.17, 15) is 13.2 Å². The number of hydrogen-bond donors (Lipinski definition) is 1. The molecule has 0 saturated heterocycles. The Morgan fingerprint density at radius 2 is 2.07 bits per heavy atom. The molecule has 0 spiro atoms.